The van der Waals surface area contributed by atoms with Gasteiger partial charge in [0.25, 0.3) is 0 Å². The molecule has 0 aromatic heterocycles. The van der Waals surface area contributed by atoms with E-state index in [0.29, 0.717) is 11.7 Å². The highest BCUT2D eigenvalue weighted by molar-refractivity contribution is 6.40. The van der Waals surface area contributed by atoms with Crippen LogP contribution >= 0.6 is 0 Å². The van der Waals surface area contributed by atoms with E-state index in [0.717, 1.165) is 31.5 Å². The van der Waals surface area contributed by atoms with Crippen molar-refractivity contribution >= 4 is 11.5 Å². The van der Waals surface area contributed by atoms with E-state index < -0.39 is 0 Å². The predicted molar refractivity (Wildman–Crippen MR) is 53.1 cm³/mol. The van der Waals surface area contributed by atoms with E-state index in [1.165, 1.54) is 25.7 Å². The Kier molecular flexibility index (Phi) is 2.77. The summed E-state index contributed by atoms with van der Waals surface area (Å²) < 4.78 is 0. The predicted octanol–water partition coefficient (Wildman–Crippen LogP) is 2.37. The van der Waals surface area contributed by atoms with Gasteiger partial charge in [-0.15, -0.1) is 0 Å². The first-order chi connectivity index (χ1) is 6.36. The van der Waals surface area contributed by atoms with Gasteiger partial charge in [-0.25, -0.2) is 0 Å². The molecule has 1 heterocycles. The molecule has 1 aliphatic carbocycles. The molecule has 0 aromatic rings. The van der Waals surface area contributed by atoms with Crippen LogP contribution < -0.4 is 0 Å². The fraction of sp³-hybridized carbons (Fsp3) is 0.818. The summed E-state index contributed by atoms with van der Waals surface area (Å²) >= 11 is 0. The number of nitrogens with zero attached hydrogens (tertiary/aromatic N) is 1. The molecule has 0 N–H and O–H groups in total. The van der Waals surface area contributed by atoms with Crippen LogP contribution in [0.15, 0.2) is 4.99 Å². The number of aliphatic imine (C=N–C) groups is 1. The molecule has 13 heavy (non-hydrogen) atoms. The number of carbonyl (C=O) groups excluding carboxylic acids is 1. The van der Waals surface area contributed by atoms with Crippen molar-refractivity contribution in [1.29, 1.82) is 0 Å². The van der Waals surface area contributed by atoms with E-state index in [-0.39, 0.29) is 0 Å². The molecule has 0 aromatic carbocycles. The van der Waals surface area contributed by atoms with Crippen LogP contribution in [0.5, 0.6) is 0 Å². The van der Waals surface area contributed by atoms with Gasteiger partial charge in [-0.3, -0.25) is 9.79 Å². The van der Waals surface area contributed by atoms with Crippen LogP contribution in [0, 0.1) is 5.92 Å². The SMILES string of the molecule is O=C(CC1CCC1)C1=NCCCC1. The summed E-state index contributed by atoms with van der Waals surface area (Å²) in [5.74, 6) is 1.03. The van der Waals surface area contributed by atoms with Crippen LogP contribution in [0.4, 0.5) is 0 Å². The topological polar surface area (TPSA) is 29.4 Å². The third-order valence-corrected chi connectivity index (χ3v) is 3.15. The fourth-order valence-electron chi connectivity index (χ4n) is 2.00. The van der Waals surface area contributed by atoms with Crippen molar-refractivity contribution in [2.24, 2.45) is 10.9 Å². The molecule has 0 radical (unpaired) electrons. The maximum Gasteiger partial charge on any atom is 0.176 e. The molecule has 1 aliphatic heterocycles. The molecule has 0 bridgehead atoms. The lowest BCUT2D eigenvalue weighted by atomic mass is 9.81. The van der Waals surface area contributed by atoms with Crippen LogP contribution in [-0.2, 0) is 4.79 Å². The molecule has 2 rings (SSSR count). The second-order valence-electron chi connectivity index (χ2n) is 4.21. The van der Waals surface area contributed by atoms with Crippen LogP contribution in [0.1, 0.15) is 44.9 Å². The zero-order valence-corrected chi connectivity index (χ0v) is 8.09. The first-order valence-electron chi connectivity index (χ1n) is 5.43. The third kappa shape index (κ3) is 2.17. The Labute approximate surface area is 79.4 Å². The van der Waals surface area contributed by atoms with Crippen molar-refractivity contribution in [2.75, 3.05) is 6.54 Å². The third-order valence-electron chi connectivity index (χ3n) is 3.15. The van der Waals surface area contributed by atoms with E-state index in [4.69, 9.17) is 0 Å². The lowest BCUT2D eigenvalue weighted by molar-refractivity contribution is -0.114. The fourth-order valence-corrected chi connectivity index (χ4v) is 2.00. The Balaban J connectivity index is 1.84. The van der Waals surface area contributed by atoms with Crippen LogP contribution in [-0.4, -0.2) is 18.0 Å². The Morgan fingerprint density at radius 3 is 2.69 bits per heavy atom. The molecular weight excluding hydrogens is 162 g/mol. The Hall–Kier alpha value is -0.660. The van der Waals surface area contributed by atoms with Crippen LogP contribution in [0.25, 0.3) is 0 Å². The van der Waals surface area contributed by atoms with Gasteiger partial charge in [-0.05, 0) is 25.2 Å². The lowest BCUT2D eigenvalue weighted by Gasteiger charge is -2.24. The smallest absolute Gasteiger partial charge is 0.176 e. The molecule has 2 nitrogen and oxygen atoms in total. The highest BCUT2D eigenvalue weighted by Gasteiger charge is 2.23. The number of hydrogen-bond acceptors (Lipinski definition) is 2. The number of carbonyl (C=O) groups is 1. The summed E-state index contributed by atoms with van der Waals surface area (Å²) in [5, 5.41) is 0. The first kappa shape index (κ1) is 8.92. The second kappa shape index (κ2) is 4.03. The second-order valence-corrected chi connectivity index (χ2v) is 4.21. The van der Waals surface area contributed by atoms with Gasteiger partial charge in [0, 0.05) is 13.0 Å². The van der Waals surface area contributed by atoms with Gasteiger partial charge < -0.3 is 0 Å². The van der Waals surface area contributed by atoms with Gasteiger partial charge in [0.1, 0.15) is 0 Å². The zero-order valence-electron chi connectivity index (χ0n) is 8.09. The highest BCUT2D eigenvalue weighted by atomic mass is 16.1. The van der Waals surface area contributed by atoms with Gasteiger partial charge in [-0.2, -0.15) is 0 Å². The number of Topliss-reactive ketones (excluding diaryl/α,β-unsaturated/α-hetero) is 1. The van der Waals surface area contributed by atoms with Gasteiger partial charge in [-0.1, -0.05) is 19.3 Å². The molecular formula is C11H17NO. The average Bonchev–Trinajstić information content (AvgIpc) is 2.12. The van der Waals surface area contributed by atoms with E-state index in [1.54, 1.807) is 0 Å². The molecule has 2 heteroatoms. The molecule has 0 spiro atoms. The van der Waals surface area contributed by atoms with Crippen molar-refractivity contribution in [2.45, 2.75) is 44.9 Å². The maximum absolute atomic E-state index is 11.7. The average molecular weight is 179 g/mol. The normalized spacial score (nSPS) is 23.5. The van der Waals surface area contributed by atoms with Gasteiger partial charge in [0.05, 0.1) is 5.71 Å². The summed E-state index contributed by atoms with van der Waals surface area (Å²) in [5.41, 5.74) is 0.887. The van der Waals surface area contributed by atoms with Crippen molar-refractivity contribution in [3.63, 3.8) is 0 Å². The molecule has 2 aliphatic rings. The summed E-state index contributed by atoms with van der Waals surface area (Å²) in [4.78, 5) is 16.0. The van der Waals surface area contributed by atoms with E-state index in [9.17, 15) is 4.79 Å². The maximum atomic E-state index is 11.7. The quantitative estimate of drug-likeness (QED) is 0.654. The number of ketones is 1. The number of rotatable bonds is 3. The summed E-state index contributed by atoms with van der Waals surface area (Å²) in [6, 6.07) is 0. The summed E-state index contributed by atoms with van der Waals surface area (Å²) in [6.45, 7) is 0.881. The Bertz CT molecular complexity index is 228. The van der Waals surface area contributed by atoms with E-state index in [2.05, 4.69) is 4.99 Å². The molecule has 0 unspecified atom stereocenters. The van der Waals surface area contributed by atoms with Crippen molar-refractivity contribution in [1.82, 2.24) is 0 Å². The minimum atomic E-state index is 0.337. The first-order valence-corrected chi connectivity index (χ1v) is 5.43. The van der Waals surface area contributed by atoms with Crippen molar-refractivity contribution < 1.29 is 4.79 Å². The van der Waals surface area contributed by atoms with Crippen LogP contribution in [0.2, 0.25) is 0 Å². The van der Waals surface area contributed by atoms with Gasteiger partial charge >= 0.3 is 0 Å². The van der Waals surface area contributed by atoms with E-state index in [1.807, 2.05) is 0 Å². The largest absolute Gasteiger partial charge is 0.293 e. The molecule has 1 fully saturated rings. The monoisotopic (exact) mass is 179 g/mol. The molecule has 0 atom stereocenters. The standard InChI is InChI=1S/C11H17NO/c13-11(8-9-4-3-5-9)10-6-1-2-7-12-10/h9H,1-8H2. The lowest BCUT2D eigenvalue weighted by Crippen LogP contribution is -2.23. The number of hydrogen-bond donors (Lipinski definition) is 0. The molecule has 72 valence electrons. The molecule has 1 saturated carbocycles. The van der Waals surface area contributed by atoms with Crippen molar-refractivity contribution in [3.05, 3.63) is 0 Å². The molecule has 0 saturated heterocycles. The van der Waals surface area contributed by atoms with Gasteiger partial charge in [0.2, 0.25) is 0 Å². The highest BCUT2D eigenvalue weighted by Crippen LogP contribution is 2.30. The van der Waals surface area contributed by atoms with Gasteiger partial charge in [0.15, 0.2) is 5.78 Å². The summed E-state index contributed by atoms with van der Waals surface area (Å²) in [7, 11) is 0. The Morgan fingerprint density at radius 2 is 2.15 bits per heavy atom. The zero-order chi connectivity index (χ0) is 9.10. The van der Waals surface area contributed by atoms with Crippen molar-refractivity contribution in [3.8, 4) is 0 Å². The minimum absolute atomic E-state index is 0.337. The Morgan fingerprint density at radius 1 is 1.31 bits per heavy atom. The minimum Gasteiger partial charge on any atom is -0.293 e. The molecule has 0 amide bonds. The summed E-state index contributed by atoms with van der Waals surface area (Å²) in [6.07, 6.45) is 7.89. The van der Waals surface area contributed by atoms with E-state index >= 15 is 0 Å². The van der Waals surface area contributed by atoms with Crippen LogP contribution in [0.3, 0.4) is 0 Å².